The molecular weight excluding hydrogens is 257 g/mol. The zero-order valence-corrected chi connectivity index (χ0v) is 11.2. The number of nitrogens with one attached hydrogen (secondary N) is 1. The van der Waals surface area contributed by atoms with Crippen LogP contribution >= 0.6 is 0 Å². The Labute approximate surface area is 111 Å². The predicted octanol–water partition coefficient (Wildman–Crippen LogP) is 3.04. The van der Waals surface area contributed by atoms with Crippen molar-refractivity contribution in [1.29, 1.82) is 0 Å². The van der Waals surface area contributed by atoms with Gasteiger partial charge in [0.15, 0.2) is 0 Å². The molecule has 1 aromatic rings. The van der Waals surface area contributed by atoms with E-state index in [2.05, 4.69) is 10.3 Å². The van der Waals surface area contributed by atoms with Gasteiger partial charge in [-0.05, 0) is 32.5 Å². The summed E-state index contributed by atoms with van der Waals surface area (Å²) in [6.45, 7) is 3.14. The molecule has 108 valence electrons. The van der Waals surface area contributed by atoms with Crippen molar-refractivity contribution in [3.8, 4) is 5.88 Å². The van der Waals surface area contributed by atoms with E-state index < -0.39 is 11.7 Å². The van der Waals surface area contributed by atoms with Crippen molar-refractivity contribution in [2.45, 2.75) is 32.4 Å². The Bertz CT molecular complexity index is 394. The number of hydrogen-bond acceptors (Lipinski definition) is 3. The molecule has 0 atom stereocenters. The fraction of sp³-hybridized carbons (Fsp3) is 0.615. The molecule has 3 nitrogen and oxygen atoms in total. The molecule has 0 radical (unpaired) electrons. The van der Waals surface area contributed by atoms with Crippen LogP contribution in [-0.4, -0.2) is 25.2 Å². The molecule has 0 saturated heterocycles. The topological polar surface area (TPSA) is 34.1 Å². The first-order valence-electron chi connectivity index (χ1n) is 6.32. The Morgan fingerprint density at radius 3 is 2.68 bits per heavy atom. The number of nitrogens with zero attached hydrogens (tertiary/aromatic N) is 1. The predicted molar refractivity (Wildman–Crippen MR) is 67.3 cm³/mol. The SMILES string of the molecule is CCCc1cc(C(F)(F)F)cnc1OCCCNC. The first-order chi connectivity index (χ1) is 8.99. The van der Waals surface area contributed by atoms with Gasteiger partial charge < -0.3 is 10.1 Å². The van der Waals surface area contributed by atoms with Gasteiger partial charge in [0, 0.05) is 11.8 Å². The van der Waals surface area contributed by atoms with E-state index in [1.165, 1.54) is 0 Å². The number of pyridine rings is 1. The second-order valence-corrected chi connectivity index (χ2v) is 4.24. The molecular formula is C13H19F3N2O. The van der Waals surface area contributed by atoms with Gasteiger partial charge in [-0.1, -0.05) is 13.3 Å². The summed E-state index contributed by atoms with van der Waals surface area (Å²) >= 11 is 0. The average molecular weight is 276 g/mol. The van der Waals surface area contributed by atoms with E-state index in [-0.39, 0.29) is 0 Å². The van der Waals surface area contributed by atoms with Gasteiger partial charge in [0.25, 0.3) is 0 Å². The highest BCUT2D eigenvalue weighted by molar-refractivity contribution is 5.31. The summed E-state index contributed by atoms with van der Waals surface area (Å²) in [5, 5.41) is 2.97. The van der Waals surface area contributed by atoms with Crippen molar-refractivity contribution in [2.24, 2.45) is 0 Å². The van der Waals surface area contributed by atoms with Crippen LogP contribution in [0.25, 0.3) is 0 Å². The quantitative estimate of drug-likeness (QED) is 0.777. The lowest BCUT2D eigenvalue weighted by Crippen LogP contribution is -2.13. The smallest absolute Gasteiger partial charge is 0.417 e. The number of halogens is 3. The molecule has 1 rings (SSSR count). The lowest BCUT2D eigenvalue weighted by atomic mass is 10.1. The molecule has 0 fully saturated rings. The minimum atomic E-state index is -4.36. The molecule has 0 amide bonds. The van der Waals surface area contributed by atoms with Crippen LogP contribution < -0.4 is 10.1 Å². The van der Waals surface area contributed by atoms with E-state index in [1.807, 2.05) is 14.0 Å². The van der Waals surface area contributed by atoms with Crippen molar-refractivity contribution < 1.29 is 17.9 Å². The summed E-state index contributed by atoms with van der Waals surface area (Å²) in [6.07, 6.45) is -1.48. The third-order valence-corrected chi connectivity index (χ3v) is 2.58. The van der Waals surface area contributed by atoms with Crippen LogP contribution in [0.5, 0.6) is 5.88 Å². The van der Waals surface area contributed by atoms with E-state index in [1.54, 1.807) is 0 Å². The first kappa shape index (κ1) is 15.8. The van der Waals surface area contributed by atoms with Crippen molar-refractivity contribution >= 4 is 0 Å². The summed E-state index contributed by atoms with van der Waals surface area (Å²) in [5.41, 5.74) is -0.208. The zero-order valence-electron chi connectivity index (χ0n) is 11.2. The van der Waals surface area contributed by atoms with Gasteiger partial charge in [0.2, 0.25) is 5.88 Å². The van der Waals surface area contributed by atoms with Crippen LogP contribution in [0.1, 0.15) is 30.9 Å². The van der Waals surface area contributed by atoms with Crippen molar-refractivity contribution in [3.05, 3.63) is 23.4 Å². The Morgan fingerprint density at radius 1 is 1.37 bits per heavy atom. The molecule has 1 heterocycles. The van der Waals surface area contributed by atoms with Crippen LogP contribution in [0, 0.1) is 0 Å². The normalized spacial score (nSPS) is 11.6. The standard InChI is InChI=1S/C13H19F3N2O/c1-3-5-10-8-11(13(14,15)16)9-18-12(10)19-7-4-6-17-2/h8-9,17H,3-7H2,1-2H3. The van der Waals surface area contributed by atoms with Crippen LogP contribution in [0.2, 0.25) is 0 Å². The van der Waals surface area contributed by atoms with Gasteiger partial charge in [-0.3, -0.25) is 0 Å². The van der Waals surface area contributed by atoms with E-state index >= 15 is 0 Å². The monoisotopic (exact) mass is 276 g/mol. The van der Waals surface area contributed by atoms with Crippen molar-refractivity contribution in [2.75, 3.05) is 20.2 Å². The Balaban J connectivity index is 2.79. The lowest BCUT2D eigenvalue weighted by Gasteiger charge is -2.13. The summed E-state index contributed by atoms with van der Waals surface area (Å²) in [5.74, 6) is 0.311. The number of aryl methyl sites for hydroxylation is 1. The fourth-order valence-corrected chi connectivity index (χ4v) is 1.65. The molecule has 1 aromatic heterocycles. The summed E-state index contributed by atoms with van der Waals surface area (Å²) in [4.78, 5) is 3.80. The number of rotatable bonds is 7. The van der Waals surface area contributed by atoms with Gasteiger partial charge in [-0.2, -0.15) is 13.2 Å². The molecule has 6 heteroatoms. The molecule has 0 aliphatic rings. The van der Waals surface area contributed by atoms with Crippen LogP contribution in [-0.2, 0) is 12.6 Å². The first-order valence-corrected chi connectivity index (χ1v) is 6.32. The van der Waals surface area contributed by atoms with Gasteiger partial charge in [0.1, 0.15) is 0 Å². The largest absolute Gasteiger partial charge is 0.477 e. The maximum atomic E-state index is 12.6. The van der Waals surface area contributed by atoms with Gasteiger partial charge in [0.05, 0.1) is 12.2 Å². The third-order valence-electron chi connectivity index (χ3n) is 2.58. The third kappa shape index (κ3) is 5.06. The lowest BCUT2D eigenvalue weighted by molar-refractivity contribution is -0.137. The Hall–Kier alpha value is -1.30. The second-order valence-electron chi connectivity index (χ2n) is 4.24. The number of ether oxygens (including phenoxy) is 1. The summed E-state index contributed by atoms with van der Waals surface area (Å²) < 4.78 is 43.3. The number of hydrogen-bond donors (Lipinski definition) is 1. The fourth-order valence-electron chi connectivity index (χ4n) is 1.65. The second kappa shape index (κ2) is 7.33. The number of aromatic nitrogens is 1. The number of alkyl halides is 3. The zero-order chi connectivity index (χ0) is 14.3. The van der Waals surface area contributed by atoms with E-state index in [4.69, 9.17) is 4.74 Å². The van der Waals surface area contributed by atoms with Crippen LogP contribution in [0.3, 0.4) is 0 Å². The minimum absolute atomic E-state index is 0.311. The molecule has 0 unspecified atom stereocenters. The molecule has 0 spiro atoms. The van der Waals surface area contributed by atoms with E-state index in [0.29, 0.717) is 24.5 Å². The Morgan fingerprint density at radius 2 is 2.11 bits per heavy atom. The van der Waals surface area contributed by atoms with Gasteiger partial charge >= 0.3 is 6.18 Å². The molecule has 0 bridgehead atoms. The van der Waals surface area contributed by atoms with Crippen molar-refractivity contribution in [3.63, 3.8) is 0 Å². The maximum Gasteiger partial charge on any atom is 0.417 e. The van der Waals surface area contributed by atoms with Crippen LogP contribution in [0.4, 0.5) is 13.2 Å². The van der Waals surface area contributed by atoms with E-state index in [0.717, 1.165) is 31.6 Å². The minimum Gasteiger partial charge on any atom is -0.477 e. The van der Waals surface area contributed by atoms with Crippen molar-refractivity contribution in [1.82, 2.24) is 10.3 Å². The molecule has 0 aliphatic carbocycles. The van der Waals surface area contributed by atoms with Gasteiger partial charge in [-0.25, -0.2) is 4.98 Å². The highest BCUT2D eigenvalue weighted by Crippen LogP contribution is 2.31. The summed E-state index contributed by atoms with van der Waals surface area (Å²) in [6, 6.07) is 1.13. The highest BCUT2D eigenvalue weighted by Gasteiger charge is 2.31. The Kier molecular flexibility index (Phi) is 6.08. The highest BCUT2D eigenvalue weighted by atomic mass is 19.4. The van der Waals surface area contributed by atoms with Gasteiger partial charge in [-0.15, -0.1) is 0 Å². The summed E-state index contributed by atoms with van der Waals surface area (Å²) in [7, 11) is 1.83. The maximum absolute atomic E-state index is 12.6. The average Bonchev–Trinajstić information content (AvgIpc) is 2.35. The molecule has 0 saturated carbocycles. The van der Waals surface area contributed by atoms with Crippen LogP contribution in [0.15, 0.2) is 12.3 Å². The molecule has 0 aromatic carbocycles. The molecule has 1 N–H and O–H groups in total. The molecule has 19 heavy (non-hydrogen) atoms. The van der Waals surface area contributed by atoms with E-state index in [9.17, 15) is 13.2 Å². The molecule has 0 aliphatic heterocycles.